The standard InChI is InChI=1S/C29H38N2O2.C19H28N2O.C10H11ClO/c1-21-10-11-24(16-22(21)2)17-28(32)25-12-15-31(18-23-8-4-3-5-9-23)27-20-33-19-26(29(25)27)30-13-6-7-14-30;1-2-7-16(8-3-1)13-21-12-6-9-17-18(14-22-15-19(17)21)20-10-4-5-11-20;1-7-3-4-9(5-8(7)2)6-10(11)12/h3-5,8-11,16,25-27,29H,6-7,12-15,17-20H2,1-2H3;1-3,7-8,17-19H,4-6,9-15H2;3-5H,6H2,1-2H3/t25?,26-,27+,29+;17-,18+,19-;/m01./s1. The molecule has 0 amide bonds. The van der Waals surface area contributed by atoms with Crippen LogP contribution in [0.2, 0.25) is 0 Å². The van der Waals surface area contributed by atoms with Gasteiger partial charge in [0.1, 0.15) is 5.78 Å². The topological polar surface area (TPSA) is 65.6 Å². The van der Waals surface area contributed by atoms with Crippen molar-refractivity contribution in [3.05, 3.63) is 142 Å². The quantitative estimate of drug-likeness (QED) is 0.138. The average Bonchev–Trinajstić information content (AvgIpc) is 4.09. The number of nitrogens with zero attached hydrogens (tertiary/aromatic N) is 4. The molecule has 0 spiro atoms. The Morgan fingerprint density at radius 2 is 1.00 bits per heavy atom. The first kappa shape index (κ1) is 49.7. The van der Waals surface area contributed by atoms with E-state index in [-0.39, 0.29) is 11.2 Å². The zero-order chi connectivity index (χ0) is 46.7. The zero-order valence-electron chi connectivity index (χ0n) is 40.9. The van der Waals surface area contributed by atoms with E-state index in [1.807, 2.05) is 32.0 Å². The average molecular weight is 930 g/mol. The van der Waals surface area contributed by atoms with E-state index < -0.39 is 0 Å². The Morgan fingerprint density at radius 1 is 0.507 bits per heavy atom. The van der Waals surface area contributed by atoms with Gasteiger partial charge in [-0.05, 0) is 174 Å². The highest BCUT2D eigenvalue weighted by molar-refractivity contribution is 6.63. The van der Waals surface area contributed by atoms with Crippen LogP contribution in [0.15, 0.2) is 97.1 Å². The van der Waals surface area contributed by atoms with E-state index in [1.54, 1.807) is 0 Å². The third-order valence-electron chi connectivity index (χ3n) is 16.1. The van der Waals surface area contributed by atoms with Crippen molar-refractivity contribution in [1.82, 2.24) is 19.6 Å². The van der Waals surface area contributed by atoms with E-state index in [0.29, 0.717) is 48.7 Å². The number of piperidine rings is 2. The highest BCUT2D eigenvalue weighted by atomic mass is 35.5. The third-order valence-corrected chi connectivity index (χ3v) is 16.2. The molecule has 10 rings (SSSR count). The van der Waals surface area contributed by atoms with Crippen molar-refractivity contribution in [2.24, 2.45) is 17.8 Å². The fourth-order valence-electron chi connectivity index (χ4n) is 12.2. The number of carbonyl (C=O) groups excluding carboxylic acids is 2. The molecule has 0 N–H and O–H groups in total. The Kier molecular flexibility index (Phi) is 18.0. The van der Waals surface area contributed by atoms with Crippen LogP contribution in [-0.2, 0) is 45.0 Å². The Labute approximate surface area is 407 Å². The number of halogens is 1. The smallest absolute Gasteiger partial charge is 0.226 e. The summed E-state index contributed by atoms with van der Waals surface area (Å²) in [5.41, 5.74) is 9.93. The minimum absolute atomic E-state index is 0.123. The fourth-order valence-corrected chi connectivity index (χ4v) is 12.4. The maximum atomic E-state index is 13.8. The molecule has 0 aromatic heterocycles. The number of aryl methyl sites for hydroxylation is 4. The zero-order valence-corrected chi connectivity index (χ0v) is 41.7. The van der Waals surface area contributed by atoms with Crippen LogP contribution in [0.4, 0.5) is 0 Å². The number of rotatable bonds is 11. The predicted octanol–water partition coefficient (Wildman–Crippen LogP) is 9.79. The summed E-state index contributed by atoms with van der Waals surface area (Å²) in [6.07, 6.45) is 9.86. The van der Waals surface area contributed by atoms with E-state index in [1.165, 1.54) is 91.5 Å². The van der Waals surface area contributed by atoms with Gasteiger partial charge in [-0.15, -0.1) is 0 Å². The number of benzene rings is 4. The van der Waals surface area contributed by atoms with Gasteiger partial charge in [-0.1, -0.05) is 97.1 Å². The Balaban J connectivity index is 0.000000153. The van der Waals surface area contributed by atoms with Crippen LogP contribution in [-0.4, -0.2) is 120 Å². The van der Waals surface area contributed by atoms with Crippen LogP contribution in [0.3, 0.4) is 0 Å². The molecular weight excluding hydrogens is 852 g/mol. The third kappa shape index (κ3) is 13.1. The molecule has 0 bridgehead atoms. The minimum atomic E-state index is -0.307. The lowest BCUT2D eigenvalue weighted by Crippen LogP contribution is -2.63. The summed E-state index contributed by atoms with van der Waals surface area (Å²) in [6, 6.07) is 36.1. The summed E-state index contributed by atoms with van der Waals surface area (Å²) >= 11 is 5.27. The number of likely N-dealkylation sites (tertiary alicyclic amines) is 4. The van der Waals surface area contributed by atoms with Gasteiger partial charge in [0.15, 0.2) is 0 Å². The van der Waals surface area contributed by atoms with Gasteiger partial charge in [-0.25, -0.2) is 0 Å². The molecule has 7 atom stereocenters. The van der Waals surface area contributed by atoms with Gasteiger partial charge in [-0.2, -0.15) is 0 Å². The van der Waals surface area contributed by atoms with E-state index in [2.05, 4.69) is 112 Å². The molecule has 6 saturated heterocycles. The highest BCUT2D eigenvalue weighted by Crippen LogP contribution is 2.40. The lowest BCUT2D eigenvalue weighted by atomic mass is 9.71. The summed E-state index contributed by atoms with van der Waals surface area (Å²) in [5, 5.41) is -0.307. The molecule has 6 fully saturated rings. The number of fused-ring (bicyclic) bond motifs is 2. The van der Waals surface area contributed by atoms with Crippen LogP contribution in [0.5, 0.6) is 0 Å². The van der Waals surface area contributed by atoms with E-state index in [4.69, 9.17) is 21.1 Å². The molecular formula is C58H77ClN4O4. The Morgan fingerprint density at radius 3 is 1.55 bits per heavy atom. The molecule has 0 saturated carbocycles. The fraction of sp³-hybridized carbons (Fsp3) is 0.552. The SMILES string of the molecule is Cc1ccc(CC(=O)C2CCN(Cc3ccccc3)[C@@H]3COC[C@H](N4CCCC4)[C@@H]23)cc1C.Cc1ccc(CC(=O)Cl)cc1C.c1ccc(CN2CCC[C@H]3[C@H]2COC[C@@H]3N2CCCC2)cc1. The number of Topliss-reactive ketones (excluding diaryl/α,β-unsaturated/α-hetero) is 1. The second-order valence-electron chi connectivity index (χ2n) is 20.5. The van der Waals surface area contributed by atoms with E-state index >= 15 is 0 Å². The Hall–Kier alpha value is -3.73. The predicted molar refractivity (Wildman–Crippen MR) is 272 cm³/mol. The van der Waals surface area contributed by atoms with Gasteiger partial charge < -0.3 is 9.47 Å². The molecule has 8 nitrogen and oxygen atoms in total. The number of hydrogen-bond acceptors (Lipinski definition) is 8. The molecule has 9 heteroatoms. The van der Waals surface area contributed by atoms with Crippen LogP contribution in [0.1, 0.15) is 89.5 Å². The first-order valence-corrected chi connectivity index (χ1v) is 26.0. The maximum absolute atomic E-state index is 13.8. The first-order chi connectivity index (χ1) is 32.6. The van der Waals surface area contributed by atoms with Crippen molar-refractivity contribution >= 4 is 22.6 Å². The van der Waals surface area contributed by atoms with Crippen LogP contribution in [0, 0.1) is 45.4 Å². The van der Waals surface area contributed by atoms with Crippen molar-refractivity contribution in [2.45, 2.75) is 123 Å². The monoisotopic (exact) mass is 929 g/mol. The summed E-state index contributed by atoms with van der Waals surface area (Å²) in [4.78, 5) is 35.0. The van der Waals surface area contributed by atoms with Crippen molar-refractivity contribution in [2.75, 3.05) is 65.7 Å². The number of carbonyl (C=O) groups is 2. The van der Waals surface area contributed by atoms with Gasteiger partial charge in [0.2, 0.25) is 5.24 Å². The summed E-state index contributed by atoms with van der Waals surface area (Å²) < 4.78 is 12.3. The van der Waals surface area contributed by atoms with Crippen LogP contribution in [0.25, 0.3) is 0 Å². The molecule has 6 heterocycles. The highest BCUT2D eigenvalue weighted by Gasteiger charge is 2.49. The second-order valence-corrected chi connectivity index (χ2v) is 21.0. The van der Waals surface area contributed by atoms with Gasteiger partial charge in [0.05, 0.1) is 26.4 Å². The van der Waals surface area contributed by atoms with Gasteiger partial charge in [0, 0.05) is 61.9 Å². The van der Waals surface area contributed by atoms with E-state index in [9.17, 15) is 9.59 Å². The molecule has 6 aliphatic heterocycles. The number of hydrogen-bond donors (Lipinski definition) is 0. The molecule has 360 valence electrons. The molecule has 0 radical (unpaired) electrons. The van der Waals surface area contributed by atoms with Crippen molar-refractivity contribution in [3.63, 3.8) is 0 Å². The van der Waals surface area contributed by atoms with Crippen LogP contribution >= 0.6 is 11.6 Å². The summed E-state index contributed by atoms with van der Waals surface area (Å²) in [7, 11) is 0. The molecule has 1 unspecified atom stereocenters. The normalized spacial score (nSPS) is 26.9. The number of ketones is 1. The van der Waals surface area contributed by atoms with Gasteiger partial charge in [-0.3, -0.25) is 29.2 Å². The molecule has 6 aliphatic rings. The molecule has 4 aromatic rings. The minimum Gasteiger partial charge on any atom is -0.378 e. The summed E-state index contributed by atoms with van der Waals surface area (Å²) in [6.45, 7) is 20.8. The van der Waals surface area contributed by atoms with Gasteiger partial charge >= 0.3 is 0 Å². The maximum Gasteiger partial charge on any atom is 0.226 e. The first-order valence-electron chi connectivity index (χ1n) is 25.6. The molecule has 4 aromatic carbocycles. The van der Waals surface area contributed by atoms with Gasteiger partial charge in [0.25, 0.3) is 0 Å². The lowest BCUT2D eigenvalue weighted by molar-refractivity contribution is -0.141. The van der Waals surface area contributed by atoms with Crippen molar-refractivity contribution in [1.29, 1.82) is 0 Å². The van der Waals surface area contributed by atoms with E-state index in [0.717, 1.165) is 82.6 Å². The summed E-state index contributed by atoms with van der Waals surface area (Å²) in [5.74, 6) is 1.72. The lowest BCUT2D eigenvalue weighted by Gasteiger charge is -2.52. The Bertz CT molecular complexity index is 2190. The van der Waals surface area contributed by atoms with Crippen molar-refractivity contribution < 1.29 is 19.1 Å². The van der Waals surface area contributed by atoms with Crippen molar-refractivity contribution in [3.8, 4) is 0 Å². The van der Waals surface area contributed by atoms with Crippen LogP contribution < -0.4 is 0 Å². The second kappa shape index (κ2) is 24.2. The number of ether oxygens (including phenoxy) is 2. The molecule has 67 heavy (non-hydrogen) atoms. The molecule has 0 aliphatic carbocycles. The largest absolute Gasteiger partial charge is 0.378 e.